The molecule has 0 heterocycles. The van der Waals surface area contributed by atoms with Gasteiger partial charge in [-0.2, -0.15) is 5.10 Å². The van der Waals surface area contributed by atoms with Gasteiger partial charge in [0.1, 0.15) is 23.7 Å². The lowest BCUT2D eigenvalue weighted by Gasteiger charge is -2.06. The topological polar surface area (TPSA) is 126 Å². The monoisotopic (exact) mass is 397 g/mol. The quantitative estimate of drug-likeness (QED) is 0.271. The summed E-state index contributed by atoms with van der Waals surface area (Å²) >= 11 is 0. The van der Waals surface area contributed by atoms with Gasteiger partial charge in [0, 0.05) is 5.69 Å². The summed E-state index contributed by atoms with van der Waals surface area (Å²) in [4.78, 5) is 34.9. The first-order valence-corrected chi connectivity index (χ1v) is 8.34. The second-order valence-electron chi connectivity index (χ2n) is 5.54. The number of carbonyl (C=O) groups excluding carboxylic acids is 2. The zero-order chi connectivity index (χ0) is 21.2. The number of carbonyl (C=O) groups is 3. The molecule has 2 aromatic rings. The van der Waals surface area contributed by atoms with Crippen LogP contribution in [0.5, 0.6) is 11.5 Å². The SMILES string of the molecule is C=CCOc1ccc(NC(=O)C(=O)N/N=C\c2ccc(OC)c(C(=O)O)c2)cc1. The molecule has 0 spiro atoms. The van der Waals surface area contributed by atoms with E-state index in [9.17, 15) is 14.4 Å². The number of anilines is 1. The van der Waals surface area contributed by atoms with Gasteiger partial charge in [0.15, 0.2) is 0 Å². The first-order chi connectivity index (χ1) is 13.9. The highest BCUT2D eigenvalue weighted by molar-refractivity contribution is 6.39. The number of aromatic carboxylic acids is 1. The van der Waals surface area contributed by atoms with Crippen LogP contribution in [0.2, 0.25) is 0 Å². The Balaban J connectivity index is 1.93. The maximum absolute atomic E-state index is 11.9. The number of nitrogens with one attached hydrogen (secondary N) is 2. The fourth-order valence-electron chi connectivity index (χ4n) is 2.17. The molecule has 2 amide bonds. The molecule has 150 valence electrons. The Labute approximate surface area is 166 Å². The summed E-state index contributed by atoms with van der Waals surface area (Å²) in [5, 5.41) is 15.2. The van der Waals surface area contributed by atoms with Gasteiger partial charge >= 0.3 is 17.8 Å². The predicted octanol–water partition coefficient (Wildman–Crippen LogP) is 2.05. The van der Waals surface area contributed by atoms with Crippen LogP contribution in [0.1, 0.15) is 15.9 Å². The Morgan fingerprint density at radius 1 is 1.14 bits per heavy atom. The number of hydrazone groups is 1. The molecule has 2 rings (SSSR count). The fraction of sp³-hybridized carbons (Fsp3) is 0.100. The summed E-state index contributed by atoms with van der Waals surface area (Å²) < 4.78 is 10.3. The van der Waals surface area contributed by atoms with Crippen molar-refractivity contribution in [2.75, 3.05) is 19.0 Å². The molecule has 0 bridgehead atoms. The number of carboxylic acid groups (broad SMARTS) is 1. The van der Waals surface area contributed by atoms with Crippen molar-refractivity contribution in [3.63, 3.8) is 0 Å². The molecule has 2 aromatic carbocycles. The maximum atomic E-state index is 11.9. The standard InChI is InChI=1S/C20H19N3O6/c1-3-10-29-15-7-5-14(6-8-15)22-18(24)19(25)23-21-12-13-4-9-17(28-2)16(11-13)20(26)27/h3-9,11-12H,1,10H2,2H3,(H,22,24)(H,23,25)(H,26,27)/b21-12-. The average molecular weight is 397 g/mol. The van der Waals surface area contributed by atoms with Crippen LogP contribution in [-0.4, -0.2) is 42.8 Å². The van der Waals surface area contributed by atoms with Crippen molar-refractivity contribution in [3.8, 4) is 11.5 Å². The lowest BCUT2D eigenvalue weighted by molar-refractivity contribution is -0.136. The number of carboxylic acids is 1. The van der Waals surface area contributed by atoms with Crippen molar-refractivity contribution < 1.29 is 29.0 Å². The molecule has 0 aliphatic carbocycles. The highest BCUT2D eigenvalue weighted by atomic mass is 16.5. The molecule has 0 unspecified atom stereocenters. The summed E-state index contributed by atoms with van der Waals surface area (Å²) in [6.45, 7) is 3.90. The summed E-state index contributed by atoms with van der Waals surface area (Å²) in [6, 6.07) is 10.8. The van der Waals surface area contributed by atoms with E-state index in [1.807, 2.05) is 0 Å². The van der Waals surface area contributed by atoms with Gasteiger partial charge in [-0.05, 0) is 48.0 Å². The Kier molecular flexibility index (Phi) is 7.49. The molecular weight excluding hydrogens is 378 g/mol. The van der Waals surface area contributed by atoms with Crippen molar-refractivity contribution in [2.45, 2.75) is 0 Å². The molecule has 0 saturated heterocycles. The van der Waals surface area contributed by atoms with Crippen LogP contribution >= 0.6 is 0 Å². The number of methoxy groups -OCH3 is 1. The Morgan fingerprint density at radius 3 is 2.48 bits per heavy atom. The third kappa shape index (κ3) is 6.21. The molecule has 0 fully saturated rings. The molecule has 3 N–H and O–H groups in total. The van der Waals surface area contributed by atoms with Crippen molar-refractivity contribution in [1.29, 1.82) is 0 Å². The van der Waals surface area contributed by atoms with E-state index < -0.39 is 17.8 Å². The van der Waals surface area contributed by atoms with E-state index in [1.165, 1.54) is 25.5 Å². The predicted molar refractivity (Wildman–Crippen MR) is 106 cm³/mol. The summed E-state index contributed by atoms with van der Waals surface area (Å²) in [7, 11) is 1.36. The van der Waals surface area contributed by atoms with E-state index in [-0.39, 0.29) is 11.3 Å². The van der Waals surface area contributed by atoms with E-state index >= 15 is 0 Å². The minimum atomic E-state index is -1.17. The number of rotatable bonds is 8. The van der Waals surface area contributed by atoms with Crippen LogP contribution in [-0.2, 0) is 9.59 Å². The minimum absolute atomic E-state index is 0.0546. The third-order valence-corrected chi connectivity index (χ3v) is 3.52. The molecule has 0 saturated carbocycles. The summed E-state index contributed by atoms with van der Waals surface area (Å²) in [5.74, 6) is -2.28. The molecule has 9 nitrogen and oxygen atoms in total. The molecular formula is C20H19N3O6. The third-order valence-electron chi connectivity index (χ3n) is 3.52. The maximum Gasteiger partial charge on any atom is 0.339 e. The summed E-state index contributed by atoms with van der Waals surface area (Å²) in [5.41, 5.74) is 2.82. The van der Waals surface area contributed by atoms with E-state index in [4.69, 9.17) is 14.6 Å². The molecule has 0 aliphatic rings. The zero-order valence-electron chi connectivity index (χ0n) is 15.5. The van der Waals surface area contributed by atoms with Gasteiger partial charge in [-0.15, -0.1) is 0 Å². The van der Waals surface area contributed by atoms with Gasteiger partial charge in [-0.1, -0.05) is 12.7 Å². The lowest BCUT2D eigenvalue weighted by Crippen LogP contribution is -2.32. The smallest absolute Gasteiger partial charge is 0.339 e. The highest BCUT2D eigenvalue weighted by Gasteiger charge is 2.13. The second kappa shape index (κ2) is 10.3. The van der Waals surface area contributed by atoms with Gasteiger partial charge in [-0.25, -0.2) is 10.2 Å². The van der Waals surface area contributed by atoms with Crippen molar-refractivity contribution in [2.24, 2.45) is 5.10 Å². The number of amides is 2. The largest absolute Gasteiger partial charge is 0.496 e. The van der Waals surface area contributed by atoms with Crippen LogP contribution in [0, 0.1) is 0 Å². The number of nitrogens with zero attached hydrogens (tertiary/aromatic N) is 1. The number of hydrogen-bond donors (Lipinski definition) is 3. The number of hydrogen-bond acceptors (Lipinski definition) is 6. The van der Waals surface area contributed by atoms with Crippen LogP contribution in [0.25, 0.3) is 0 Å². The van der Waals surface area contributed by atoms with Crippen LogP contribution in [0.3, 0.4) is 0 Å². The van der Waals surface area contributed by atoms with E-state index in [2.05, 4.69) is 22.4 Å². The van der Waals surface area contributed by atoms with Gasteiger partial charge in [0.2, 0.25) is 0 Å². The molecule has 29 heavy (non-hydrogen) atoms. The Bertz CT molecular complexity index is 938. The van der Waals surface area contributed by atoms with Gasteiger partial charge in [-0.3, -0.25) is 9.59 Å². The molecule has 0 aliphatic heterocycles. The average Bonchev–Trinajstić information content (AvgIpc) is 2.72. The molecule has 0 atom stereocenters. The molecule has 0 aromatic heterocycles. The van der Waals surface area contributed by atoms with E-state index in [1.54, 1.807) is 36.4 Å². The first kappa shape index (κ1) is 21.2. The van der Waals surface area contributed by atoms with Crippen molar-refractivity contribution in [1.82, 2.24) is 5.43 Å². The number of benzene rings is 2. The molecule has 0 radical (unpaired) electrons. The zero-order valence-corrected chi connectivity index (χ0v) is 15.5. The molecule has 9 heteroatoms. The second-order valence-corrected chi connectivity index (χ2v) is 5.54. The van der Waals surface area contributed by atoms with Gasteiger partial charge in [0.25, 0.3) is 0 Å². The fourth-order valence-corrected chi connectivity index (χ4v) is 2.17. The van der Waals surface area contributed by atoms with Crippen molar-refractivity contribution >= 4 is 29.7 Å². The normalized spacial score (nSPS) is 10.2. The number of ether oxygens (including phenoxy) is 2. The lowest BCUT2D eigenvalue weighted by atomic mass is 10.1. The summed E-state index contributed by atoms with van der Waals surface area (Å²) in [6.07, 6.45) is 2.82. The minimum Gasteiger partial charge on any atom is -0.496 e. The van der Waals surface area contributed by atoms with Gasteiger partial charge < -0.3 is 19.9 Å². The highest BCUT2D eigenvalue weighted by Crippen LogP contribution is 2.19. The van der Waals surface area contributed by atoms with Crippen molar-refractivity contribution in [3.05, 3.63) is 66.2 Å². The van der Waals surface area contributed by atoms with E-state index in [0.717, 1.165) is 0 Å². The first-order valence-electron chi connectivity index (χ1n) is 8.34. The van der Waals surface area contributed by atoms with Crippen LogP contribution in [0.15, 0.2) is 60.2 Å². The van der Waals surface area contributed by atoms with Gasteiger partial charge in [0.05, 0.1) is 13.3 Å². The van der Waals surface area contributed by atoms with Crippen LogP contribution in [0.4, 0.5) is 5.69 Å². The van der Waals surface area contributed by atoms with E-state index in [0.29, 0.717) is 23.6 Å². The Morgan fingerprint density at radius 2 is 1.86 bits per heavy atom. The van der Waals surface area contributed by atoms with Crippen LogP contribution < -0.4 is 20.2 Å². The Hall–Kier alpha value is -4.14.